The van der Waals surface area contributed by atoms with Crippen LogP contribution in [0.3, 0.4) is 0 Å². The van der Waals surface area contributed by atoms with Crippen LogP contribution in [0.15, 0.2) is 71.2 Å². The molecule has 0 saturated carbocycles. The maximum atomic E-state index is 13.1. The van der Waals surface area contributed by atoms with Crippen molar-refractivity contribution >= 4 is 21.8 Å². The SMILES string of the molecule is COc1cc(C(=O)NC(c2ccccc2)c2ccc(Br)cc2)cc(OC)c1OC. The number of methoxy groups -OCH3 is 3. The lowest BCUT2D eigenvalue weighted by Crippen LogP contribution is -2.29. The van der Waals surface area contributed by atoms with Gasteiger partial charge >= 0.3 is 0 Å². The molecule has 0 radical (unpaired) electrons. The zero-order valence-corrected chi connectivity index (χ0v) is 18.0. The number of rotatable bonds is 7. The first kappa shape index (κ1) is 20.7. The fourth-order valence-corrected chi connectivity index (χ4v) is 3.35. The van der Waals surface area contributed by atoms with Gasteiger partial charge < -0.3 is 19.5 Å². The lowest BCUT2D eigenvalue weighted by molar-refractivity contribution is 0.0942. The molecule has 0 fully saturated rings. The number of ether oxygens (including phenoxy) is 3. The summed E-state index contributed by atoms with van der Waals surface area (Å²) in [5.41, 5.74) is 2.37. The minimum Gasteiger partial charge on any atom is -0.493 e. The Bertz CT molecular complexity index is 949. The van der Waals surface area contributed by atoms with Crippen molar-refractivity contribution in [3.05, 3.63) is 87.9 Å². The Morgan fingerprint density at radius 1 is 0.828 bits per heavy atom. The molecule has 5 nitrogen and oxygen atoms in total. The maximum Gasteiger partial charge on any atom is 0.252 e. The van der Waals surface area contributed by atoms with Crippen molar-refractivity contribution < 1.29 is 19.0 Å². The average Bonchev–Trinajstić information content (AvgIpc) is 2.77. The molecule has 29 heavy (non-hydrogen) atoms. The van der Waals surface area contributed by atoms with Gasteiger partial charge in [-0.1, -0.05) is 58.4 Å². The van der Waals surface area contributed by atoms with Gasteiger partial charge in [0.2, 0.25) is 5.75 Å². The van der Waals surface area contributed by atoms with Gasteiger partial charge in [-0.15, -0.1) is 0 Å². The molecule has 0 saturated heterocycles. The Hall–Kier alpha value is -2.99. The molecule has 0 spiro atoms. The zero-order valence-electron chi connectivity index (χ0n) is 16.4. The number of halogens is 1. The van der Waals surface area contributed by atoms with Gasteiger partial charge in [0.1, 0.15) is 0 Å². The second kappa shape index (κ2) is 9.47. The molecule has 6 heteroatoms. The summed E-state index contributed by atoms with van der Waals surface area (Å²) in [4.78, 5) is 13.1. The van der Waals surface area contributed by atoms with Crippen molar-refractivity contribution in [2.45, 2.75) is 6.04 Å². The molecule has 1 atom stereocenters. The van der Waals surface area contributed by atoms with E-state index in [-0.39, 0.29) is 11.9 Å². The van der Waals surface area contributed by atoms with Crippen LogP contribution in [-0.4, -0.2) is 27.2 Å². The molecule has 150 valence electrons. The van der Waals surface area contributed by atoms with Crippen LogP contribution in [0.25, 0.3) is 0 Å². The van der Waals surface area contributed by atoms with E-state index < -0.39 is 0 Å². The minimum atomic E-state index is -0.309. The number of hydrogen-bond donors (Lipinski definition) is 1. The van der Waals surface area contributed by atoms with E-state index in [9.17, 15) is 4.79 Å². The molecule has 3 rings (SSSR count). The molecule has 1 N–H and O–H groups in total. The van der Waals surface area contributed by atoms with Crippen LogP contribution in [-0.2, 0) is 0 Å². The van der Waals surface area contributed by atoms with Crippen LogP contribution in [0.1, 0.15) is 27.5 Å². The van der Waals surface area contributed by atoms with Gasteiger partial charge in [0.15, 0.2) is 11.5 Å². The smallest absolute Gasteiger partial charge is 0.252 e. The molecule has 0 aliphatic carbocycles. The summed E-state index contributed by atoms with van der Waals surface area (Å²) in [6, 6.07) is 20.7. The van der Waals surface area contributed by atoms with Crippen molar-refractivity contribution in [1.82, 2.24) is 5.32 Å². The van der Waals surface area contributed by atoms with E-state index in [1.165, 1.54) is 21.3 Å². The van der Waals surface area contributed by atoms with E-state index in [1.807, 2.05) is 54.6 Å². The lowest BCUT2D eigenvalue weighted by atomic mass is 9.98. The van der Waals surface area contributed by atoms with Gasteiger partial charge in [0.25, 0.3) is 5.91 Å². The Balaban J connectivity index is 1.98. The molecule has 0 bridgehead atoms. The predicted molar refractivity (Wildman–Crippen MR) is 116 cm³/mol. The van der Waals surface area contributed by atoms with E-state index in [0.29, 0.717) is 22.8 Å². The van der Waals surface area contributed by atoms with Crippen molar-refractivity contribution in [3.63, 3.8) is 0 Å². The molecular weight excluding hydrogens is 434 g/mol. The molecule has 1 amide bonds. The van der Waals surface area contributed by atoms with E-state index in [0.717, 1.165) is 15.6 Å². The molecule has 1 unspecified atom stereocenters. The van der Waals surface area contributed by atoms with E-state index in [4.69, 9.17) is 14.2 Å². The molecule has 3 aromatic rings. The highest BCUT2D eigenvalue weighted by Crippen LogP contribution is 2.38. The number of carbonyl (C=O) groups is 1. The summed E-state index contributed by atoms with van der Waals surface area (Å²) in [7, 11) is 4.57. The van der Waals surface area contributed by atoms with Gasteiger partial charge in [-0.25, -0.2) is 0 Å². The second-order valence-corrected chi connectivity index (χ2v) is 7.20. The van der Waals surface area contributed by atoms with Crippen LogP contribution in [0, 0.1) is 0 Å². The standard InChI is InChI=1S/C23H22BrNO4/c1-27-19-13-17(14-20(28-2)22(19)29-3)23(26)25-21(15-7-5-4-6-8-15)16-9-11-18(24)12-10-16/h4-14,21H,1-3H3,(H,25,26). The number of carbonyl (C=O) groups excluding carboxylic acids is 1. The summed E-state index contributed by atoms with van der Waals surface area (Å²) in [6.07, 6.45) is 0. The van der Waals surface area contributed by atoms with E-state index in [2.05, 4.69) is 21.2 Å². The first-order valence-electron chi connectivity index (χ1n) is 8.98. The molecule has 0 aliphatic heterocycles. The van der Waals surface area contributed by atoms with Crippen molar-refractivity contribution in [3.8, 4) is 17.2 Å². The largest absolute Gasteiger partial charge is 0.493 e. The fourth-order valence-electron chi connectivity index (χ4n) is 3.09. The normalized spacial score (nSPS) is 11.4. The number of benzene rings is 3. The Kier molecular flexibility index (Phi) is 6.77. The van der Waals surface area contributed by atoms with Crippen molar-refractivity contribution in [2.75, 3.05) is 21.3 Å². The van der Waals surface area contributed by atoms with Crippen molar-refractivity contribution in [1.29, 1.82) is 0 Å². The molecular formula is C23H22BrNO4. The number of amides is 1. The highest BCUT2D eigenvalue weighted by molar-refractivity contribution is 9.10. The van der Waals surface area contributed by atoms with Gasteiger partial charge in [0.05, 0.1) is 27.4 Å². The summed E-state index contributed by atoms with van der Waals surface area (Å²) < 4.78 is 17.0. The zero-order chi connectivity index (χ0) is 20.8. The topological polar surface area (TPSA) is 56.8 Å². The van der Waals surface area contributed by atoms with Crippen LogP contribution >= 0.6 is 15.9 Å². The molecule has 0 aliphatic rings. The van der Waals surface area contributed by atoms with Gasteiger partial charge in [-0.3, -0.25) is 4.79 Å². The maximum absolute atomic E-state index is 13.1. The van der Waals surface area contributed by atoms with E-state index in [1.54, 1.807) is 12.1 Å². The first-order chi connectivity index (χ1) is 14.1. The quantitative estimate of drug-likeness (QED) is 0.544. The molecule has 0 aromatic heterocycles. The third-order valence-corrected chi connectivity index (χ3v) is 5.07. The highest BCUT2D eigenvalue weighted by Gasteiger charge is 2.21. The lowest BCUT2D eigenvalue weighted by Gasteiger charge is -2.21. The Morgan fingerprint density at radius 2 is 1.38 bits per heavy atom. The summed E-state index contributed by atoms with van der Waals surface area (Å²) in [6.45, 7) is 0. The van der Waals surface area contributed by atoms with Crippen LogP contribution < -0.4 is 19.5 Å². The van der Waals surface area contributed by atoms with Crippen LogP contribution in [0.2, 0.25) is 0 Å². The monoisotopic (exact) mass is 455 g/mol. The second-order valence-electron chi connectivity index (χ2n) is 6.28. The Labute approximate surface area is 178 Å². The minimum absolute atomic E-state index is 0.249. The third-order valence-electron chi connectivity index (χ3n) is 4.54. The number of nitrogens with one attached hydrogen (secondary N) is 1. The summed E-state index contributed by atoms with van der Waals surface area (Å²) in [5, 5.41) is 3.12. The Morgan fingerprint density at radius 3 is 1.90 bits per heavy atom. The van der Waals surface area contributed by atoms with Gasteiger partial charge in [-0.05, 0) is 35.4 Å². The molecule has 0 heterocycles. The van der Waals surface area contributed by atoms with E-state index >= 15 is 0 Å². The first-order valence-corrected chi connectivity index (χ1v) is 9.78. The third kappa shape index (κ3) is 4.71. The average molecular weight is 456 g/mol. The van der Waals surface area contributed by atoms with Crippen LogP contribution in [0.4, 0.5) is 0 Å². The van der Waals surface area contributed by atoms with Gasteiger partial charge in [0, 0.05) is 10.0 Å². The predicted octanol–water partition coefficient (Wildman–Crippen LogP) is 4.99. The summed E-state index contributed by atoms with van der Waals surface area (Å²) >= 11 is 3.46. The summed E-state index contributed by atoms with van der Waals surface area (Å²) in [5.74, 6) is 1.05. The number of hydrogen-bond acceptors (Lipinski definition) is 4. The van der Waals surface area contributed by atoms with Crippen molar-refractivity contribution in [2.24, 2.45) is 0 Å². The highest BCUT2D eigenvalue weighted by atomic mass is 79.9. The molecule has 3 aromatic carbocycles. The van der Waals surface area contributed by atoms with Gasteiger partial charge in [-0.2, -0.15) is 0 Å². The fraction of sp³-hybridized carbons (Fsp3) is 0.174. The van der Waals surface area contributed by atoms with Crippen LogP contribution in [0.5, 0.6) is 17.2 Å².